The molecule has 0 saturated carbocycles. The van der Waals surface area contributed by atoms with Crippen molar-refractivity contribution in [1.82, 2.24) is 20.3 Å². The normalized spacial score (nSPS) is 10.5. The fourth-order valence-corrected chi connectivity index (χ4v) is 2.92. The third-order valence-corrected chi connectivity index (χ3v) is 4.37. The van der Waals surface area contributed by atoms with Crippen molar-refractivity contribution in [3.8, 4) is 0 Å². The molecule has 2 aromatic carbocycles. The zero-order valence-corrected chi connectivity index (χ0v) is 13.9. The topological polar surface area (TPSA) is 59.8 Å². The maximum Gasteiger partial charge on any atom is 0.230 e. The Labute approximate surface area is 145 Å². The number of hydrogen-bond donors (Lipinski definition) is 1. The Balaban J connectivity index is 1.44. The Morgan fingerprint density at radius 2 is 1.75 bits per heavy atom. The standard InChI is InChI=1S/C18H18N4OS/c23-18(14-24-17-9-5-2-6-10-17)19-11-16-13-22(21-20-16)12-15-7-3-1-4-8-15/h1-10,13H,11-12,14H2,(H,19,23). The fourth-order valence-electron chi connectivity index (χ4n) is 2.17. The molecule has 3 aromatic rings. The molecule has 24 heavy (non-hydrogen) atoms. The molecule has 0 spiro atoms. The Morgan fingerprint density at radius 1 is 1.04 bits per heavy atom. The van der Waals surface area contributed by atoms with E-state index in [1.807, 2.05) is 66.9 Å². The molecule has 0 fully saturated rings. The van der Waals surface area contributed by atoms with Gasteiger partial charge in [0.25, 0.3) is 0 Å². The number of amides is 1. The van der Waals surface area contributed by atoms with Crippen molar-refractivity contribution in [2.75, 3.05) is 5.75 Å². The van der Waals surface area contributed by atoms with Gasteiger partial charge in [-0.25, -0.2) is 4.68 Å². The van der Waals surface area contributed by atoms with E-state index in [1.165, 1.54) is 11.8 Å². The number of benzene rings is 2. The fraction of sp³-hybridized carbons (Fsp3) is 0.167. The van der Waals surface area contributed by atoms with E-state index in [-0.39, 0.29) is 5.91 Å². The third-order valence-electron chi connectivity index (χ3n) is 3.35. The minimum Gasteiger partial charge on any atom is -0.350 e. The second-order valence-electron chi connectivity index (χ2n) is 5.27. The van der Waals surface area contributed by atoms with Crippen molar-refractivity contribution in [2.24, 2.45) is 0 Å². The van der Waals surface area contributed by atoms with Crippen molar-refractivity contribution < 1.29 is 4.79 Å². The summed E-state index contributed by atoms with van der Waals surface area (Å²) in [6.45, 7) is 1.06. The van der Waals surface area contributed by atoms with Crippen molar-refractivity contribution in [1.29, 1.82) is 0 Å². The van der Waals surface area contributed by atoms with Crippen LogP contribution in [-0.4, -0.2) is 26.7 Å². The van der Waals surface area contributed by atoms with Gasteiger partial charge in [0.2, 0.25) is 5.91 Å². The van der Waals surface area contributed by atoms with E-state index in [0.717, 1.165) is 16.2 Å². The van der Waals surface area contributed by atoms with Crippen molar-refractivity contribution in [2.45, 2.75) is 18.0 Å². The molecule has 5 nitrogen and oxygen atoms in total. The molecule has 1 aromatic heterocycles. The lowest BCUT2D eigenvalue weighted by Gasteiger charge is -2.03. The van der Waals surface area contributed by atoms with Gasteiger partial charge in [-0.2, -0.15) is 0 Å². The number of rotatable bonds is 7. The van der Waals surface area contributed by atoms with E-state index in [4.69, 9.17) is 0 Å². The van der Waals surface area contributed by atoms with Crippen molar-refractivity contribution in [3.05, 3.63) is 78.1 Å². The molecule has 0 radical (unpaired) electrons. The summed E-state index contributed by atoms with van der Waals surface area (Å²) >= 11 is 1.52. The summed E-state index contributed by atoms with van der Waals surface area (Å²) in [6.07, 6.45) is 1.86. The molecule has 1 N–H and O–H groups in total. The number of nitrogens with one attached hydrogen (secondary N) is 1. The Morgan fingerprint density at radius 3 is 2.50 bits per heavy atom. The van der Waals surface area contributed by atoms with Gasteiger partial charge in [-0.05, 0) is 17.7 Å². The van der Waals surface area contributed by atoms with Crippen LogP contribution in [-0.2, 0) is 17.9 Å². The van der Waals surface area contributed by atoms with Gasteiger partial charge in [-0.15, -0.1) is 16.9 Å². The lowest BCUT2D eigenvalue weighted by atomic mass is 10.2. The molecule has 1 heterocycles. The first-order chi connectivity index (χ1) is 11.8. The van der Waals surface area contributed by atoms with Crippen LogP contribution >= 0.6 is 11.8 Å². The molecule has 0 bridgehead atoms. The average molecular weight is 338 g/mol. The molecule has 0 atom stereocenters. The molecule has 0 saturated heterocycles. The number of hydrogen-bond acceptors (Lipinski definition) is 4. The summed E-state index contributed by atoms with van der Waals surface area (Å²) in [5.74, 6) is 0.379. The molecule has 0 aliphatic carbocycles. The monoisotopic (exact) mass is 338 g/mol. The molecule has 1 amide bonds. The third kappa shape index (κ3) is 4.96. The first-order valence-corrected chi connectivity index (χ1v) is 8.65. The van der Waals surface area contributed by atoms with Crippen LogP contribution in [0.4, 0.5) is 0 Å². The largest absolute Gasteiger partial charge is 0.350 e. The van der Waals surface area contributed by atoms with Crippen molar-refractivity contribution in [3.63, 3.8) is 0 Å². The van der Waals surface area contributed by atoms with Crippen LogP contribution in [0.25, 0.3) is 0 Å². The summed E-state index contributed by atoms with van der Waals surface area (Å²) in [6, 6.07) is 19.9. The highest BCUT2D eigenvalue weighted by atomic mass is 32.2. The van der Waals surface area contributed by atoms with E-state index >= 15 is 0 Å². The van der Waals surface area contributed by atoms with Crippen LogP contribution in [0, 0.1) is 0 Å². The maximum absolute atomic E-state index is 11.9. The Hall–Kier alpha value is -2.60. The van der Waals surface area contributed by atoms with Gasteiger partial charge in [-0.3, -0.25) is 4.79 Å². The number of aromatic nitrogens is 3. The summed E-state index contributed by atoms with van der Waals surface area (Å²) in [5, 5.41) is 11.1. The summed E-state index contributed by atoms with van der Waals surface area (Å²) in [5.41, 5.74) is 1.92. The first kappa shape index (κ1) is 16.3. The van der Waals surface area contributed by atoms with Crippen LogP contribution in [0.1, 0.15) is 11.3 Å². The maximum atomic E-state index is 11.9. The van der Waals surface area contributed by atoms with Crippen molar-refractivity contribution >= 4 is 17.7 Å². The van der Waals surface area contributed by atoms with Crippen LogP contribution in [0.5, 0.6) is 0 Å². The lowest BCUT2D eigenvalue weighted by molar-refractivity contribution is -0.118. The van der Waals surface area contributed by atoms with Gasteiger partial charge in [0, 0.05) is 4.90 Å². The Bertz CT molecular complexity index is 774. The molecular weight excluding hydrogens is 320 g/mol. The van der Waals surface area contributed by atoms with Gasteiger partial charge >= 0.3 is 0 Å². The smallest absolute Gasteiger partial charge is 0.230 e. The van der Waals surface area contributed by atoms with Crippen LogP contribution in [0.3, 0.4) is 0 Å². The van der Waals surface area contributed by atoms with E-state index in [9.17, 15) is 4.79 Å². The molecule has 0 aliphatic heterocycles. The van der Waals surface area contributed by atoms with E-state index in [1.54, 1.807) is 4.68 Å². The quantitative estimate of drug-likeness (QED) is 0.673. The highest BCUT2D eigenvalue weighted by Gasteiger charge is 2.05. The van der Waals surface area contributed by atoms with Crippen LogP contribution < -0.4 is 5.32 Å². The minimum absolute atomic E-state index is 0.0125. The first-order valence-electron chi connectivity index (χ1n) is 7.67. The second-order valence-corrected chi connectivity index (χ2v) is 6.32. The van der Waals surface area contributed by atoms with Gasteiger partial charge in [0.05, 0.1) is 25.0 Å². The van der Waals surface area contributed by atoms with Gasteiger partial charge in [-0.1, -0.05) is 53.7 Å². The molecular formula is C18H18N4OS. The van der Waals surface area contributed by atoms with E-state index in [0.29, 0.717) is 18.8 Å². The number of thioether (sulfide) groups is 1. The predicted molar refractivity (Wildman–Crippen MR) is 94.6 cm³/mol. The van der Waals surface area contributed by atoms with Gasteiger partial charge in [0.1, 0.15) is 5.69 Å². The summed E-state index contributed by atoms with van der Waals surface area (Å²) in [4.78, 5) is 13.0. The van der Waals surface area contributed by atoms with Gasteiger partial charge in [0.15, 0.2) is 0 Å². The van der Waals surface area contributed by atoms with Gasteiger partial charge < -0.3 is 5.32 Å². The zero-order valence-electron chi connectivity index (χ0n) is 13.1. The van der Waals surface area contributed by atoms with Crippen LogP contribution in [0.2, 0.25) is 0 Å². The SMILES string of the molecule is O=C(CSc1ccccc1)NCc1cn(Cc2ccccc2)nn1. The minimum atomic E-state index is -0.0125. The number of nitrogens with zero attached hydrogens (tertiary/aromatic N) is 3. The second kappa shape index (κ2) is 8.31. The molecule has 0 aliphatic rings. The van der Waals surface area contributed by atoms with E-state index < -0.39 is 0 Å². The number of carbonyl (C=O) groups excluding carboxylic acids is 1. The Kier molecular flexibility index (Phi) is 5.63. The van der Waals surface area contributed by atoms with E-state index in [2.05, 4.69) is 15.6 Å². The molecule has 122 valence electrons. The molecule has 6 heteroatoms. The average Bonchev–Trinajstić information content (AvgIpc) is 3.07. The predicted octanol–water partition coefficient (Wildman–Crippen LogP) is 2.73. The summed E-state index contributed by atoms with van der Waals surface area (Å²) < 4.78 is 1.77. The zero-order chi connectivity index (χ0) is 16.6. The lowest BCUT2D eigenvalue weighted by Crippen LogP contribution is -2.24. The molecule has 3 rings (SSSR count). The number of carbonyl (C=O) groups is 1. The highest BCUT2D eigenvalue weighted by molar-refractivity contribution is 8.00. The summed E-state index contributed by atoms with van der Waals surface area (Å²) in [7, 11) is 0. The molecule has 0 unspecified atom stereocenters. The van der Waals surface area contributed by atoms with Crippen LogP contribution in [0.15, 0.2) is 71.8 Å². The highest BCUT2D eigenvalue weighted by Crippen LogP contribution is 2.16.